The summed E-state index contributed by atoms with van der Waals surface area (Å²) in [6.45, 7) is 8.96. The van der Waals surface area contributed by atoms with Gasteiger partial charge in [0.15, 0.2) is 11.6 Å². The van der Waals surface area contributed by atoms with Crippen molar-refractivity contribution in [1.82, 2.24) is 0 Å². The first kappa shape index (κ1) is 11.9. The summed E-state index contributed by atoms with van der Waals surface area (Å²) < 4.78 is 28.6. The molecule has 4 atom stereocenters. The van der Waals surface area contributed by atoms with E-state index in [-0.39, 0.29) is 24.4 Å². The summed E-state index contributed by atoms with van der Waals surface area (Å²) in [5, 5.41) is 0. The molecule has 0 saturated carbocycles. The Morgan fingerprint density at radius 1 is 0.765 bits per heavy atom. The normalized spacial score (nSPS) is 47.3. The van der Waals surface area contributed by atoms with Crippen molar-refractivity contribution in [2.75, 3.05) is 13.2 Å². The van der Waals surface area contributed by atoms with Crippen LogP contribution in [0.3, 0.4) is 0 Å². The van der Waals surface area contributed by atoms with Crippen molar-refractivity contribution in [2.24, 2.45) is 0 Å². The SMILES string of the molecule is CC1(C)O[C@@H]([C@@H]2CO2)[C@@H]([C@H]2COC(C)(C)O2)O1. The average Bonchev–Trinajstić information content (AvgIpc) is 2.90. The summed E-state index contributed by atoms with van der Waals surface area (Å²) in [6.07, 6.45) is -0.0955. The fourth-order valence-electron chi connectivity index (χ4n) is 2.51. The third kappa shape index (κ3) is 2.35. The van der Waals surface area contributed by atoms with E-state index >= 15 is 0 Å². The standard InChI is InChI=1S/C12H20O5/c1-11(2)14-6-8(15-11)10-9(7-5-13-7)16-12(3,4)17-10/h7-10H,5-6H2,1-4H3/t7-,8+,9-,10+/m0/s1. The highest BCUT2D eigenvalue weighted by Gasteiger charge is 2.55. The molecular formula is C12H20O5. The van der Waals surface area contributed by atoms with Crippen molar-refractivity contribution in [3.8, 4) is 0 Å². The van der Waals surface area contributed by atoms with Crippen LogP contribution in [0.5, 0.6) is 0 Å². The molecule has 3 rings (SSSR count). The van der Waals surface area contributed by atoms with Crippen molar-refractivity contribution in [1.29, 1.82) is 0 Å². The Balaban J connectivity index is 1.73. The molecule has 17 heavy (non-hydrogen) atoms. The summed E-state index contributed by atoms with van der Waals surface area (Å²) in [7, 11) is 0. The minimum absolute atomic E-state index is 0.0486. The van der Waals surface area contributed by atoms with Gasteiger partial charge in [-0.05, 0) is 27.7 Å². The van der Waals surface area contributed by atoms with Crippen molar-refractivity contribution in [3.05, 3.63) is 0 Å². The molecule has 3 aliphatic heterocycles. The average molecular weight is 244 g/mol. The number of rotatable bonds is 2. The van der Waals surface area contributed by atoms with Crippen LogP contribution in [0.1, 0.15) is 27.7 Å². The van der Waals surface area contributed by atoms with Crippen LogP contribution in [-0.2, 0) is 23.7 Å². The van der Waals surface area contributed by atoms with Crippen LogP contribution in [-0.4, -0.2) is 49.2 Å². The molecule has 0 amide bonds. The van der Waals surface area contributed by atoms with Gasteiger partial charge in [0.25, 0.3) is 0 Å². The molecule has 98 valence electrons. The number of ether oxygens (including phenoxy) is 5. The van der Waals surface area contributed by atoms with Gasteiger partial charge in [-0.1, -0.05) is 0 Å². The zero-order chi connectivity index (χ0) is 12.3. The minimum Gasteiger partial charge on any atom is -0.370 e. The van der Waals surface area contributed by atoms with E-state index in [4.69, 9.17) is 23.7 Å². The first-order valence-corrected chi connectivity index (χ1v) is 6.15. The van der Waals surface area contributed by atoms with Gasteiger partial charge in [-0.15, -0.1) is 0 Å². The zero-order valence-electron chi connectivity index (χ0n) is 10.8. The van der Waals surface area contributed by atoms with Gasteiger partial charge >= 0.3 is 0 Å². The highest BCUT2D eigenvalue weighted by molar-refractivity contribution is 4.97. The third-order valence-electron chi connectivity index (χ3n) is 3.29. The van der Waals surface area contributed by atoms with E-state index in [0.29, 0.717) is 6.61 Å². The molecule has 0 radical (unpaired) electrons. The molecule has 3 aliphatic rings. The molecule has 3 heterocycles. The predicted molar refractivity (Wildman–Crippen MR) is 58.5 cm³/mol. The first-order valence-electron chi connectivity index (χ1n) is 6.15. The van der Waals surface area contributed by atoms with Crippen LogP contribution in [0.15, 0.2) is 0 Å². The zero-order valence-corrected chi connectivity index (χ0v) is 10.8. The van der Waals surface area contributed by atoms with Gasteiger partial charge in [0.1, 0.15) is 24.4 Å². The lowest BCUT2D eigenvalue weighted by Gasteiger charge is -2.23. The molecule has 0 N–H and O–H groups in total. The van der Waals surface area contributed by atoms with E-state index in [1.54, 1.807) is 0 Å². The topological polar surface area (TPSA) is 49.5 Å². The van der Waals surface area contributed by atoms with Crippen LogP contribution in [0.2, 0.25) is 0 Å². The van der Waals surface area contributed by atoms with Crippen molar-refractivity contribution in [2.45, 2.75) is 63.7 Å². The molecule has 0 unspecified atom stereocenters. The quantitative estimate of drug-likeness (QED) is 0.680. The van der Waals surface area contributed by atoms with Gasteiger partial charge in [-0.3, -0.25) is 0 Å². The minimum atomic E-state index is -0.572. The van der Waals surface area contributed by atoms with Gasteiger partial charge in [0.2, 0.25) is 0 Å². The van der Waals surface area contributed by atoms with Gasteiger partial charge in [0.05, 0.1) is 13.2 Å². The maximum Gasteiger partial charge on any atom is 0.164 e. The van der Waals surface area contributed by atoms with E-state index in [1.807, 2.05) is 27.7 Å². The Morgan fingerprint density at radius 2 is 1.35 bits per heavy atom. The Bertz CT molecular complexity index is 310. The second-order valence-corrected chi connectivity index (χ2v) is 5.80. The Labute approximate surface area is 101 Å². The molecule has 0 bridgehead atoms. The molecule has 0 aromatic carbocycles. The molecule has 5 heteroatoms. The van der Waals surface area contributed by atoms with E-state index in [2.05, 4.69) is 0 Å². The molecule has 3 saturated heterocycles. The monoisotopic (exact) mass is 244 g/mol. The summed E-state index contributed by atoms with van der Waals surface area (Å²) in [6, 6.07) is 0. The predicted octanol–water partition coefficient (Wildman–Crippen LogP) is 1.06. The summed E-state index contributed by atoms with van der Waals surface area (Å²) in [4.78, 5) is 0. The molecule has 5 nitrogen and oxygen atoms in total. The lowest BCUT2D eigenvalue weighted by Crippen LogP contribution is -2.40. The van der Waals surface area contributed by atoms with Crippen molar-refractivity contribution >= 4 is 0 Å². The fourth-order valence-corrected chi connectivity index (χ4v) is 2.51. The maximum absolute atomic E-state index is 5.93. The van der Waals surface area contributed by atoms with Crippen LogP contribution < -0.4 is 0 Å². The Kier molecular flexibility index (Phi) is 2.55. The van der Waals surface area contributed by atoms with Crippen molar-refractivity contribution < 1.29 is 23.7 Å². The van der Waals surface area contributed by atoms with Crippen LogP contribution in [0, 0.1) is 0 Å². The molecule has 0 spiro atoms. The van der Waals surface area contributed by atoms with Crippen LogP contribution in [0.4, 0.5) is 0 Å². The van der Waals surface area contributed by atoms with Crippen LogP contribution in [0.25, 0.3) is 0 Å². The lowest BCUT2D eigenvalue weighted by molar-refractivity contribution is -0.174. The Hall–Kier alpha value is -0.200. The first-order chi connectivity index (χ1) is 7.86. The molecular weight excluding hydrogens is 224 g/mol. The highest BCUT2D eigenvalue weighted by Crippen LogP contribution is 2.39. The fraction of sp³-hybridized carbons (Fsp3) is 1.00. The van der Waals surface area contributed by atoms with Crippen LogP contribution >= 0.6 is 0 Å². The summed E-state index contributed by atoms with van der Waals surface area (Å²) in [5.41, 5.74) is 0. The van der Waals surface area contributed by atoms with Gasteiger partial charge < -0.3 is 23.7 Å². The van der Waals surface area contributed by atoms with Gasteiger partial charge in [-0.25, -0.2) is 0 Å². The van der Waals surface area contributed by atoms with Crippen molar-refractivity contribution in [3.63, 3.8) is 0 Å². The molecule has 3 fully saturated rings. The van der Waals surface area contributed by atoms with E-state index in [0.717, 1.165) is 6.61 Å². The van der Waals surface area contributed by atoms with Gasteiger partial charge in [0, 0.05) is 0 Å². The third-order valence-corrected chi connectivity index (χ3v) is 3.29. The maximum atomic E-state index is 5.93. The molecule has 0 aromatic rings. The smallest absolute Gasteiger partial charge is 0.164 e. The second kappa shape index (κ2) is 3.65. The second-order valence-electron chi connectivity index (χ2n) is 5.80. The van der Waals surface area contributed by atoms with E-state index < -0.39 is 11.6 Å². The highest BCUT2D eigenvalue weighted by atomic mass is 16.8. The number of hydrogen-bond acceptors (Lipinski definition) is 5. The molecule has 0 aromatic heterocycles. The largest absolute Gasteiger partial charge is 0.370 e. The number of epoxide rings is 1. The Morgan fingerprint density at radius 3 is 1.82 bits per heavy atom. The molecule has 0 aliphatic carbocycles. The van der Waals surface area contributed by atoms with E-state index in [1.165, 1.54) is 0 Å². The lowest BCUT2D eigenvalue weighted by atomic mass is 10.1. The number of hydrogen-bond donors (Lipinski definition) is 0. The summed E-state index contributed by atoms with van der Waals surface area (Å²) in [5.74, 6) is -1.10. The summed E-state index contributed by atoms with van der Waals surface area (Å²) >= 11 is 0. The van der Waals surface area contributed by atoms with Gasteiger partial charge in [-0.2, -0.15) is 0 Å². The van der Waals surface area contributed by atoms with E-state index in [9.17, 15) is 0 Å².